The van der Waals surface area contributed by atoms with E-state index in [1.807, 2.05) is 6.92 Å². The summed E-state index contributed by atoms with van der Waals surface area (Å²) in [6.45, 7) is 1.81. The van der Waals surface area contributed by atoms with E-state index in [9.17, 15) is 0 Å². The van der Waals surface area contributed by atoms with Crippen LogP contribution in [0.5, 0.6) is 0 Å². The van der Waals surface area contributed by atoms with Gasteiger partial charge in [-0.3, -0.25) is 0 Å². The van der Waals surface area contributed by atoms with E-state index < -0.39 is 15.9 Å². The van der Waals surface area contributed by atoms with Crippen LogP contribution in [0.4, 0.5) is 0 Å². The van der Waals surface area contributed by atoms with Gasteiger partial charge in [0.25, 0.3) is 0 Å². The number of hydrogen-bond acceptors (Lipinski definition) is 2. The van der Waals surface area contributed by atoms with Crippen LogP contribution in [-0.2, 0) is 0 Å². The largest absolute Gasteiger partial charge is 0.387 e. The Morgan fingerprint density at radius 1 is 1.50 bits per heavy atom. The van der Waals surface area contributed by atoms with Crippen molar-refractivity contribution in [3.05, 3.63) is 0 Å². The SMILES string of the molecule is CCC(N)C(O)C(Cl)(Cl)Cl. The highest BCUT2D eigenvalue weighted by atomic mass is 35.6. The quantitative estimate of drug-likeness (QED) is 0.672. The summed E-state index contributed by atoms with van der Waals surface area (Å²) < 4.78 is -1.67. The molecule has 0 spiro atoms. The highest BCUT2D eigenvalue weighted by Crippen LogP contribution is 2.31. The first-order valence-electron chi connectivity index (χ1n) is 2.90. The summed E-state index contributed by atoms with van der Waals surface area (Å²) in [6, 6.07) is -0.479. The van der Waals surface area contributed by atoms with E-state index >= 15 is 0 Å². The van der Waals surface area contributed by atoms with Crippen LogP contribution in [-0.4, -0.2) is 21.0 Å². The third-order valence-electron chi connectivity index (χ3n) is 1.21. The molecule has 0 rings (SSSR count). The van der Waals surface area contributed by atoms with E-state index in [-0.39, 0.29) is 0 Å². The maximum Gasteiger partial charge on any atom is 0.217 e. The summed E-state index contributed by atoms with van der Waals surface area (Å²) in [5.41, 5.74) is 5.40. The fourth-order valence-electron chi connectivity index (χ4n) is 0.466. The highest BCUT2D eigenvalue weighted by Gasteiger charge is 2.34. The van der Waals surface area contributed by atoms with Gasteiger partial charge in [-0.1, -0.05) is 41.7 Å². The topological polar surface area (TPSA) is 46.2 Å². The van der Waals surface area contributed by atoms with Crippen molar-refractivity contribution in [1.82, 2.24) is 0 Å². The number of aliphatic hydroxyl groups is 1. The summed E-state index contributed by atoms with van der Waals surface area (Å²) in [5.74, 6) is 0. The van der Waals surface area contributed by atoms with Crippen molar-refractivity contribution in [2.45, 2.75) is 29.3 Å². The lowest BCUT2D eigenvalue weighted by atomic mass is 10.1. The third kappa shape index (κ3) is 3.26. The van der Waals surface area contributed by atoms with Gasteiger partial charge in [-0.25, -0.2) is 0 Å². The monoisotopic (exact) mass is 205 g/mol. The van der Waals surface area contributed by atoms with Crippen LogP contribution in [0.1, 0.15) is 13.3 Å². The molecule has 0 fully saturated rings. The van der Waals surface area contributed by atoms with E-state index in [2.05, 4.69) is 0 Å². The van der Waals surface area contributed by atoms with E-state index in [0.717, 1.165) is 0 Å². The van der Waals surface area contributed by atoms with Gasteiger partial charge in [0.15, 0.2) is 0 Å². The van der Waals surface area contributed by atoms with Crippen molar-refractivity contribution in [1.29, 1.82) is 0 Å². The second-order valence-electron chi connectivity index (χ2n) is 2.06. The van der Waals surface area contributed by atoms with Gasteiger partial charge in [0.05, 0.1) is 0 Å². The Labute approximate surface area is 75.2 Å². The highest BCUT2D eigenvalue weighted by molar-refractivity contribution is 6.68. The van der Waals surface area contributed by atoms with Crippen LogP contribution in [0.3, 0.4) is 0 Å². The molecule has 0 aliphatic carbocycles. The molecule has 5 heteroatoms. The second kappa shape index (κ2) is 3.98. The van der Waals surface area contributed by atoms with Crippen LogP contribution in [0.15, 0.2) is 0 Å². The summed E-state index contributed by atoms with van der Waals surface area (Å²) >= 11 is 16.1. The lowest BCUT2D eigenvalue weighted by molar-refractivity contribution is 0.146. The molecule has 0 heterocycles. The van der Waals surface area contributed by atoms with Crippen LogP contribution in [0, 0.1) is 0 Å². The Morgan fingerprint density at radius 3 is 2.00 bits per heavy atom. The number of alkyl halides is 3. The van der Waals surface area contributed by atoms with E-state index in [1.165, 1.54) is 0 Å². The minimum atomic E-state index is -1.67. The molecular weight excluding hydrogens is 196 g/mol. The molecule has 0 bridgehead atoms. The summed E-state index contributed by atoms with van der Waals surface area (Å²) in [7, 11) is 0. The normalized spacial score (nSPS) is 18.6. The molecule has 0 radical (unpaired) electrons. The molecule has 0 aromatic heterocycles. The lowest BCUT2D eigenvalue weighted by Gasteiger charge is -2.23. The van der Waals surface area contributed by atoms with Crippen LogP contribution in [0.2, 0.25) is 0 Å². The number of nitrogens with two attached hydrogens (primary N) is 1. The first-order chi connectivity index (χ1) is 4.39. The number of rotatable bonds is 2. The Bertz CT molecular complexity index is 104. The Hall–Kier alpha value is 0.790. The molecule has 0 aliphatic rings. The molecule has 62 valence electrons. The summed E-state index contributed by atoms with van der Waals surface area (Å²) in [6.07, 6.45) is -0.516. The lowest BCUT2D eigenvalue weighted by Crippen LogP contribution is -2.42. The molecule has 0 aromatic carbocycles. The molecule has 0 aromatic rings. The first-order valence-corrected chi connectivity index (χ1v) is 4.03. The molecule has 0 amide bonds. The number of hydrogen-bond donors (Lipinski definition) is 2. The molecule has 2 unspecified atom stereocenters. The molecule has 2 nitrogen and oxygen atoms in total. The third-order valence-corrected chi connectivity index (χ3v) is 1.88. The fourth-order valence-corrected chi connectivity index (χ4v) is 0.951. The van der Waals surface area contributed by atoms with Crippen LogP contribution < -0.4 is 5.73 Å². The molecule has 0 saturated carbocycles. The van der Waals surface area contributed by atoms with Crippen LogP contribution in [0.25, 0.3) is 0 Å². The molecule has 3 N–H and O–H groups in total. The smallest absolute Gasteiger partial charge is 0.217 e. The molecular formula is C5H10Cl3NO. The average Bonchev–Trinajstić information content (AvgIpc) is 1.83. The molecule has 0 aliphatic heterocycles. The minimum absolute atomic E-state index is 0.479. The molecule has 10 heavy (non-hydrogen) atoms. The van der Waals surface area contributed by atoms with Gasteiger partial charge in [0, 0.05) is 6.04 Å². The van der Waals surface area contributed by atoms with Crippen molar-refractivity contribution < 1.29 is 5.11 Å². The van der Waals surface area contributed by atoms with E-state index in [1.54, 1.807) is 0 Å². The zero-order valence-corrected chi connectivity index (χ0v) is 7.79. The van der Waals surface area contributed by atoms with Crippen molar-refractivity contribution >= 4 is 34.8 Å². The Balaban J connectivity index is 3.94. The Morgan fingerprint density at radius 2 is 1.90 bits per heavy atom. The average molecular weight is 206 g/mol. The van der Waals surface area contributed by atoms with Gasteiger partial charge in [-0.05, 0) is 6.42 Å². The summed E-state index contributed by atoms with van der Waals surface area (Å²) in [4.78, 5) is 0. The first kappa shape index (κ1) is 10.8. The van der Waals surface area contributed by atoms with Gasteiger partial charge >= 0.3 is 0 Å². The Kier molecular flexibility index (Phi) is 4.29. The van der Waals surface area contributed by atoms with Gasteiger partial charge in [-0.15, -0.1) is 0 Å². The van der Waals surface area contributed by atoms with Crippen molar-refractivity contribution in [3.63, 3.8) is 0 Å². The number of halogens is 3. The number of aliphatic hydroxyl groups excluding tert-OH is 1. The molecule has 0 saturated heterocycles. The summed E-state index contributed by atoms with van der Waals surface area (Å²) in [5, 5.41) is 9.13. The zero-order valence-electron chi connectivity index (χ0n) is 5.52. The standard InChI is InChI=1S/C5H10Cl3NO/c1-2-3(9)4(10)5(6,7)8/h3-4,10H,2,9H2,1H3. The molecule has 2 atom stereocenters. The minimum Gasteiger partial charge on any atom is -0.387 e. The van der Waals surface area contributed by atoms with Gasteiger partial charge in [-0.2, -0.15) is 0 Å². The maximum absolute atomic E-state index is 9.13. The predicted octanol–water partition coefficient (Wildman–Crippen LogP) is 1.45. The van der Waals surface area contributed by atoms with Gasteiger partial charge in [0.2, 0.25) is 3.79 Å². The maximum atomic E-state index is 9.13. The van der Waals surface area contributed by atoms with Crippen molar-refractivity contribution in [2.75, 3.05) is 0 Å². The van der Waals surface area contributed by atoms with E-state index in [4.69, 9.17) is 45.6 Å². The van der Waals surface area contributed by atoms with Gasteiger partial charge < -0.3 is 10.8 Å². The van der Waals surface area contributed by atoms with Crippen molar-refractivity contribution in [2.24, 2.45) is 5.73 Å². The predicted molar refractivity (Wildman–Crippen MR) is 44.6 cm³/mol. The van der Waals surface area contributed by atoms with Crippen molar-refractivity contribution in [3.8, 4) is 0 Å². The fraction of sp³-hybridized carbons (Fsp3) is 1.00. The second-order valence-corrected chi connectivity index (χ2v) is 4.43. The van der Waals surface area contributed by atoms with E-state index in [0.29, 0.717) is 6.42 Å². The zero-order chi connectivity index (χ0) is 8.36. The van der Waals surface area contributed by atoms with Crippen LogP contribution >= 0.6 is 34.8 Å². The van der Waals surface area contributed by atoms with Gasteiger partial charge in [0.1, 0.15) is 6.10 Å².